The number of hydrogen-bond donors (Lipinski definition) is 0. The topological polar surface area (TPSA) is 98.0 Å². The predicted octanol–water partition coefficient (Wildman–Crippen LogP) is 4.23. The summed E-state index contributed by atoms with van der Waals surface area (Å²) in [6.07, 6.45) is 0.684. The van der Waals surface area contributed by atoms with E-state index < -0.39 is 10.8 Å². The molecule has 0 radical (unpaired) electrons. The second-order valence-electron chi connectivity index (χ2n) is 7.49. The van der Waals surface area contributed by atoms with Crippen molar-refractivity contribution in [3.63, 3.8) is 0 Å². The number of halogens is 1. The van der Waals surface area contributed by atoms with Gasteiger partial charge in [0, 0.05) is 30.8 Å². The molecule has 168 valence electrons. The minimum atomic E-state index is -0.550. The van der Waals surface area contributed by atoms with Gasteiger partial charge in [-0.15, -0.1) is 0 Å². The van der Waals surface area contributed by atoms with Crippen molar-refractivity contribution in [1.82, 2.24) is 9.88 Å². The van der Waals surface area contributed by atoms with Crippen LogP contribution in [0, 0.1) is 10.1 Å². The van der Waals surface area contributed by atoms with Crippen LogP contribution in [-0.2, 0) is 0 Å². The lowest BCUT2D eigenvalue weighted by atomic mass is 10.1. The smallest absolute Gasteiger partial charge is 0.270 e. The maximum atomic E-state index is 13.5. The molecule has 2 aromatic carbocycles. The summed E-state index contributed by atoms with van der Waals surface area (Å²) >= 11 is 7.59. The third kappa shape index (κ3) is 4.62. The number of non-ortho nitro benzene ring substituents is 1. The van der Waals surface area contributed by atoms with E-state index in [1.165, 1.54) is 34.4 Å². The van der Waals surface area contributed by atoms with Crippen LogP contribution in [0.1, 0.15) is 16.8 Å². The van der Waals surface area contributed by atoms with Crippen molar-refractivity contribution in [2.45, 2.75) is 6.42 Å². The number of nitrogens with zero attached hydrogens (tertiary/aromatic N) is 4. The minimum Gasteiger partial charge on any atom is -0.486 e. The summed E-state index contributed by atoms with van der Waals surface area (Å²) in [7, 11) is 3.90. The van der Waals surface area contributed by atoms with Crippen molar-refractivity contribution in [3.8, 4) is 11.5 Å². The number of nitro groups is 1. The van der Waals surface area contributed by atoms with Gasteiger partial charge in [-0.05, 0) is 33.1 Å². The van der Waals surface area contributed by atoms with Crippen molar-refractivity contribution in [3.05, 3.63) is 51.0 Å². The molecule has 9 nitrogen and oxygen atoms in total. The number of anilines is 1. The van der Waals surface area contributed by atoms with E-state index in [4.69, 9.17) is 21.1 Å². The maximum absolute atomic E-state index is 13.5. The molecule has 0 bridgehead atoms. The number of carbonyl (C=O) groups is 1. The first-order valence-corrected chi connectivity index (χ1v) is 11.1. The Kier molecular flexibility index (Phi) is 6.45. The van der Waals surface area contributed by atoms with Gasteiger partial charge in [-0.3, -0.25) is 19.8 Å². The molecule has 11 heteroatoms. The SMILES string of the molecule is CN(C)CCCN(C(=O)c1cc([N+](=O)[O-])ccc1Cl)c1nc2cc3c(cc2s1)OCCO3. The van der Waals surface area contributed by atoms with E-state index in [1.54, 1.807) is 6.07 Å². The summed E-state index contributed by atoms with van der Waals surface area (Å²) in [5.41, 5.74) is 0.554. The molecule has 4 rings (SSSR count). The summed E-state index contributed by atoms with van der Waals surface area (Å²) < 4.78 is 12.1. The van der Waals surface area contributed by atoms with Crippen LogP contribution in [0.3, 0.4) is 0 Å². The highest BCUT2D eigenvalue weighted by Gasteiger charge is 2.26. The van der Waals surface area contributed by atoms with Crippen LogP contribution < -0.4 is 14.4 Å². The summed E-state index contributed by atoms with van der Waals surface area (Å²) in [6.45, 7) is 2.08. The largest absolute Gasteiger partial charge is 0.486 e. The van der Waals surface area contributed by atoms with Crippen molar-refractivity contribution in [1.29, 1.82) is 0 Å². The van der Waals surface area contributed by atoms with E-state index in [0.717, 1.165) is 11.2 Å². The molecule has 1 aliphatic heterocycles. The number of amides is 1. The molecule has 2 heterocycles. The molecule has 0 saturated carbocycles. The molecule has 0 N–H and O–H groups in total. The van der Waals surface area contributed by atoms with Crippen LogP contribution in [0.25, 0.3) is 10.2 Å². The zero-order valence-electron chi connectivity index (χ0n) is 17.5. The fourth-order valence-corrected chi connectivity index (χ4v) is 4.53. The molecule has 0 fully saturated rings. The zero-order chi connectivity index (χ0) is 22.8. The molecular formula is C21H21ClN4O5S. The number of aromatic nitrogens is 1. The van der Waals surface area contributed by atoms with Crippen molar-refractivity contribution in [2.75, 3.05) is 45.3 Å². The Hall–Kier alpha value is -2.95. The van der Waals surface area contributed by atoms with Gasteiger partial charge in [-0.2, -0.15) is 0 Å². The Morgan fingerprint density at radius 1 is 1.19 bits per heavy atom. The van der Waals surface area contributed by atoms with Gasteiger partial charge in [0.2, 0.25) is 0 Å². The van der Waals surface area contributed by atoms with Gasteiger partial charge in [0.15, 0.2) is 16.6 Å². The molecule has 1 aromatic heterocycles. The number of hydrogen-bond acceptors (Lipinski definition) is 8. The molecule has 1 amide bonds. The lowest BCUT2D eigenvalue weighted by Crippen LogP contribution is -2.33. The molecular weight excluding hydrogens is 456 g/mol. The molecule has 0 unspecified atom stereocenters. The zero-order valence-corrected chi connectivity index (χ0v) is 19.1. The van der Waals surface area contributed by atoms with Crippen molar-refractivity contribution in [2.24, 2.45) is 0 Å². The summed E-state index contributed by atoms with van der Waals surface area (Å²) in [5.74, 6) is 0.827. The van der Waals surface area contributed by atoms with Crippen molar-refractivity contribution >= 4 is 49.9 Å². The van der Waals surface area contributed by atoms with E-state index in [2.05, 4.69) is 4.98 Å². The lowest BCUT2D eigenvalue weighted by Gasteiger charge is -2.21. The molecule has 0 saturated heterocycles. The summed E-state index contributed by atoms with van der Waals surface area (Å²) in [4.78, 5) is 32.3. The van der Waals surface area contributed by atoms with Crippen LogP contribution in [-0.4, -0.2) is 61.1 Å². The lowest BCUT2D eigenvalue weighted by molar-refractivity contribution is -0.384. The Bertz CT molecular complexity index is 1140. The maximum Gasteiger partial charge on any atom is 0.270 e. The standard InChI is InChI=1S/C21H21ClN4O5S/c1-24(2)6-3-7-25(20(27)14-10-13(26(28)29)4-5-15(14)22)21-23-16-11-17-18(12-19(16)32-21)31-9-8-30-17/h4-5,10-12H,3,6-9H2,1-2H3. The van der Waals surface area contributed by atoms with Crippen LogP contribution in [0.5, 0.6) is 11.5 Å². The molecule has 32 heavy (non-hydrogen) atoms. The Balaban J connectivity index is 1.73. The minimum absolute atomic E-state index is 0.0657. The molecule has 1 aliphatic rings. The summed E-state index contributed by atoms with van der Waals surface area (Å²) in [5, 5.41) is 11.8. The Morgan fingerprint density at radius 3 is 2.59 bits per heavy atom. The van der Waals surface area contributed by atoms with Gasteiger partial charge in [0.05, 0.1) is 25.7 Å². The van der Waals surface area contributed by atoms with Gasteiger partial charge >= 0.3 is 0 Å². The van der Waals surface area contributed by atoms with Crippen molar-refractivity contribution < 1.29 is 19.2 Å². The number of carbonyl (C=O) groups excluding carboxylic acids is 1. The van der Waals surface area contributed by atoms with Gasteiger partial charge in [0.1, 0.15) is 13.2 Å². The predicted molar refractivity (Wildman–Crippen MR) is 124 cm³/mol. The van der Waals surface area contributed by atoms with E-state index in [1.807, 2.05) is 25.1 Å². The fraction of sp³-hybridized carbons (Fsp3) is 0.333. The summed E-state index contributed by atoms with van der Waals surface area (Å²) in [6, 6.07) is 7.50. The second-order valence-corrected chi connectivity index (χ2v) is 8.91. The average molecular weight is 477 g/mol. The first kappa shape index (κ1) is 22.3. The Morgan fingerprint density at radius 2 is 1.91 bits per heavy atom. The monoisotopic (exact) mass is 476 g/mol. The number of rotatable bonds is 7. The second kappa shape index (κ2) is 9.27. The Labute approximate surface area is 193 Å². The fourth-order valence-electron chi connectivity index (χ4n) is 3.33. The van der Waals surface area contributed by atoms with E-state index in [9.17, 15) is 14.9 Å². The average Bonchev–Trinajstić information content (AvgIpc) is 3.16. The number of ether oxygens (including phenoxy) is 2. The highest BCUT2D eigenvalue weighted by Crippen LogP contribution is 2.39. The highest BCUT2D eigenvalue weighted by atomic mass is 35.5. The van der Waals surface area contributed by atoms with E-state index in [0.29, 0.717) is 48.3 Å². The number of thiazole rings is 1. The number of fused-ring (bicyclic) bond motifs is 2. The van der Waals surface area contributed by atoms with Gasteiger partial charge < -0.3 is 14.4 Å². The van der Waals surface area contributed by atoms with Gasteiger partial charge in [-0.1, -0.05) is 22.9 Å². The third-order valence-corrected chi connectivity index (χ3v) is 6.27. The number of nitro benzene ring substituents is 1. The normalized spacial score (nSPS) is 12.9. The van der Waals surface area contributed by atoms with Gasteiger partial charge in [-0.25, -0.2) is 4.98 Å². The molecule has 0 aliphatic carbocycles. The van der Waals surface area contributed by atoms with Crippen LogP contribution in [0.15, 0.2) is 30.3 Å². The third-order valence-electron chi connectivity index (χ3n) is 4.90. The number of benzene rings is 2. The first-order valence-electron chi connectivity index (χ1n) is 9.94. The first-order chi connectivity index (χ1) is 15.3. The highest BCUT2D eigenvalue weighted by molar-refractivity contribution is 7.22. The molecule has 3 aromatic rings. The van der Waals surface area contributed by atoms with E-state index in [-0.39, 0.29) is 16.3 Å². The van der Waals surface area contributed by atoms with Crippen LogP contribution in [0.4, 0.5) is 10.8 Å². The molecule has 0 atom stereocenters. The molecule has 0 spiro atoms. The van der Waals surface area contributed by atoms with Crippen LogP contribution >= 0.6 is 22.9 Å². The van der Waals surface area contributed by atoms with E-state index >= 15 is 0 Å². The van der Waals surface area contributed by atoms with Crippen LogP contribution in [0.2, 0.25) is 5.02 Å². The quantitative estimate of drug-likeness (QED) is 0.371. The van der Waals surface area contributed by atoms with Gasteiger partial charge in [0.25, 0.3) is 11.6 Å².